The molecular formula is C3H10N2O2. The summed E-state index contributed by atoms with van der Waals surface area (Å²) in [6, 6.07) is 0. The Morgan fingerprint density at radius 1 is 1.86 bits per heavy atom. The zero-order chi connectivity index (χ0) is 4.99. The number of primary amides is 1. The lowest BCUT2D eigenvalue weighted by molar-refractivity contribution is 0.163. The molecule has 0 radical (unpaired) electrons. The first-order valence-corrected chi connectivity index (χ1v) is 1.69. The normalized spacial score (nSPS) is 6.43. The Kier molecular flexibility index (Phi) is 7.12. The number of nitrogens with two attached hydrogens (primary N) is 1. The average molecular weight is 106 g/mol. The molecule has 0 aliphatic rings. The second-order valence-electron chi connectivity index (χ2n) is 0.752. The summed E-state index contributed by atoms with van der Waals surface area (Å²) in [6.07, 6.45) is -0.711. The van der Waals surface area contributed by atoms with Crippen molar-refractivity contribution in [3.63, 3.8) is 0 Å². The smallest absolute Gasteiger partial charge is 0.404 e. The van der Waals surface area contributed by atoms with Gasteiger partial charge in [-0.2, -0.15) is 0 Å². The van der Waals surface area contributed by atoms with Gasteiger partial charge < -0.3 is 16.6 Å². The van der Waals surface area contributed by atoms with Crippen LogP contribution in [0.2, 0.25) is 0 Å². The van der Waals surface area contributed by atoms with Gasteiger partial charge in [0.1, 0.15) is 0 Å². The van der Waals surface area contributed by atoms with E-state index in [1.54, 1.807) is 6.92 Å². The minimum atomic E-state index is -0.711. The number of carbonyl (C=O) groups is 1. The Bertz CT molecular complexity index is 54.9. The number of hydrogen-bond acceptors (Lipinski definition) is 3. The van der Waals surface area contributed by atoms with Crippen molar-refractivity contribution in [2.75, 3.05) is 6.61 Å². The van der Waals surface area contributed by atoms with E-state index in [1.807, 2.05) is 0 Å². The van der Waals surface area contributed by atoms with E-state index in [4.69, 9.17) is 0 Å². The highest BCUT2D eigenvalue weighted by atomic mass is 16.5. The van der Waals surface area contributed by atoms with E-state index in [2.05, 4.69) is 10.5 Å². The van der Waals surface area contributed by atoms with Crippen molar-refractivity contribution >= 4 is 6.09 Å². The minimum absolute atomic E-state index is 0. The zero-order valence-corrected chi connectivity index (χ0v) is 4.31. The van der Waals surface area contributed by atoms with Gasteiger partial charge in [-0.15, -0.1) is 0 Å². The Labute approximate surface area is 42.2 Å². The number of carbonyl (C=O) groups excluding carboxylic acids is 1. The fourth-order valence-electron chi connectivity index (χ4n) is 0.142. The van der Waals surface area contributed by atoms with E-state index in [1.165, 1.54) is 0 Å². The second kappa shape index (κ2) is 5.23. The van der Waals surface area contributed by atoms with Crippen LogP contribution in [0.3, 0.4) is 0 Å². The van der Waals surface area contributed by atoms with Crippen LogP contribution in [0.5, 0.6) is 0 Å². The molecule has 7 heavy (non-hydrogen) atoms. The van der Waals surface area contributed by atoms with Crippen LogP contribution in [0.15, 0.2) is 0 Å². The molecule has 0 aliphatic carbocycles. The predicted octanol–water partition coefficient (Wildman–Crippen LogP) is 0.264. The summed E-state index contributed by atoms with van der Waals surface area (Å²) in [5.74, 6) is 0. The average Bonchev–Trinajstić information content (AvgIpc) is 1.35. The van der Waals surface area contributed by atoms with Crippen molar-refractivity contribution in [2.45, 2.75) is 6.92 Å². The molecular weight excluding hydrogens is 96.0 g/mol. The molecule has 0 saturated heterocycles. The topological polar surface area (TPSA) is 87.3 Å². The van der Waals surface area contributed by atoms with Crippen LogP contribution < -0.4 is 11.9 Å². The van der Waals surface area contributed by atoms with Gasteiger partial charge in [-0.1, -0.05) is 0 Å². The summed E-state index contributed by atoms with van der Waals surface area (Å²) < 4.78 is 4.18. The van der Waals surface area contributed by atoms with Gasteiger partial charge >= 0.3 is 6.09 Å². The molecule has 0 spiro atoms. The van der Waals surface area contributed by atoms with E-state index >= 15 is 0 Å². The molecule has 4 nitrogen and oxygen atoms in total. The van der Waals surface area contributed by atoms with Crippen LogP contribution in [0.25, 0.3) is 0 Å². The first-order valence-electron chi connectivity index (χ1n) is 1.69. The first kappa shape index (κ1) is 9.52. The molecule has 0 aromatic carbocycles. The predicted molar refractivity (Wildman–Crippen MR) is 26.2 cm³/mol. The third-order valence-corrected chi connectivity index (χ3v) is 0.287. The van der Waals surface area contributed by atoms with Gasteiger partial charge in [0.25, 0.3) is 0 Å². The fourth-order valence-corrected chi connectivity index (χ4v) is 0.142. The summed E-state index contributed by atoms with van der Waals surface area (Å²) in [5, 5.41) is 0. The molecule has 5 N–H and O–H groups in total. The van der Waals surface area contributed by atoms with Crippen molar-refractivity contribution in [2.24, 2.45) is 5.73 Å². The fraction of sp³-hybridized carbons (Fsp3) is 0.667. The molecule has 0 aromatic rings. The number of hydrogen-bond donors (Lipinski definition) is 2. The zero-order valence-electron chi connectivity index (χ0n) is 4.31. The van der Waals surface area contributed by atoms with Gasteiger partial charge in [0.15, 0.2) is 0 Å². The molecule has 0 fully saturated rings. The molecule has 44 valence electrons. The molecule has 0 atom stereocenters. The molecule has 0 rings (SSSR count). The Morgan fingerprint density at radius 3 is 2.29 bits per heavy atom. The first-order chi connectivity index (χ1) is 2.77. The SMILES string of the molecule is CCOC(N)=O.N. The lowest BCUT2D eigenvalue weighted by Gasteiger charge is -1.89. The van der Waals surface area contributed by atoms with Crippen molar-refractivity contribution in [3.05, 3.63) is 0 Å². The second-order valence-corrected chi connectivity index (χ2v) is 0.752. The van der Waals surface area contributed by atoms with Crippen molar-refractivity contribution in [1.29, 1.82) is 0 Å². The van der Waals surface area contributed by atoms with Gasteiger partial charge in [-0.25, -0.2) is 4.79 Å². The van der Waals surface area contributed by atoms with Crippen LogP contribution in [0, 0.1) is 0 Å². The van der Waals surface area contributed by atoms with Crippen LogP contribution >= 0.6 is 0 Å². The van der Waals surface area contributed by atoms with Crippen LogP contribution in [-0.2, 0) is 4.74 Å². The van der Waals surface area contributed by atoms with Crippen LogP contribution in [-0.4, -0.2) is 12.7 Å². The highest BCUT2D eigenvalue weighted by Gasteiger charge is 1.82. The van der Waals surface area contributed by atoms with E-state index in [9.17, 15) is 4.79 Å². The summed E-state index contributed by atoms with van der Waals surface area (Å²) >= 11 is 0. The van der Waals surface area contributed by atoms with E-state index in [0.717, 1.165) is 0 Å². The molecule has 0 heterocycles. The van der Waals surface area contributed by atoms with Gasteiger partial charge in [0, 0.05) is 0 Å². The molecule has 0 aliphatic heterocycles. The van der Waals surface area contributed by atoms with Crippen molar-refractivity contribution < 1.29 is 9.53 Å². The summed E-state index contributed by atoms with van der Waals surface area (Å²) in [6.45, 7) is 2.06. The van der Waals surface area contributed by atoms with Crippen molar-refractivity contribution in [3.8, 4) is 0 Å². The Morgan fingerprint density at radius 2 is 2.29 bits per heavy atom. The third-order valence-electron chi connectivity index (χ3n) is 0.287. The maximum absolute atomic E-state index is 9.60. The van der Waals surface area contributed by atoms with E-state index in [0.29, 0.717) is 6.61 Å². The quantitative estimate of drug-likeness (QED) is 0.502. The molecule has 0 aromatic heterocycles. The number of amides is 1. The summed E-state index contributed by atoms with van der Waals surface area (Å²) in [7, 11) is 0. The standard InChI is InChI=1S/C3H7NO2.H3N/c1-2-6-3(4)5;/h2H2,1H3,(H2,4,5);1H3. The molecule has 1 amide bonds. The van der Waals surface area contributed by atoms with E-state index in [-0.39, 0.29) is 6.15 Å². The van der Waals surface area contributed by atoms with Gasteiger partial charge in [0.2, 0.25) is 0 Å². The van der Waals surface area contributed by atoms with Gasteiger partial charge in [-0.3, -0.25) is 0 Å². The molecule has 0 saturated carbocycles. The highest BCUT2D eigenvalue weighted by Crippen LogP contribution is 1.66. The number of rotatable bonds is 1. The van der Waals surface area contributed by atoms with Gasteiger partial charge in [0.05, 0.1) is 6.61 Å². The molecule has 0 bridgehead atoms. The van der Waals surface area contributed by atoms with Crippen LogP contribution in [0.4, 0.5) is 4.79 Å². The lowest BCUT2D eigenvalue weighted by atomic mass is 10.9. The lowest BCUT2D eigenvalue weighted by Crippen LogP contribution is -2.11. The minimum Gasteiger partial charge on any atom is -0.450 e. The maximum Gasteiger partial charge on any atom is 0.404 e. The monoisotopic (exact) mass is 106 g/mol. The van der Waals surface area contributed by atoms with Crippen LogP contribution in [0.1, 0.15) is 6.92 Å². The van der Waals surface area contributed by atoms with E-state index < -0.39 is 6.09 Å². The van der Waals surface area contributed by atoms with Crippen molar-refractivity contribution in [1.82, 2.24) is 6.15 Å². The number of ether oxygens (including phenoxy) is 1. The van der Waals surface area contributed by atoms with Gasteiger partial charge in [-0.05, 0) is 6.92 Å². The highest BCUT2D eigenvalue weighted by molar-refractivity contribution is 5.64. The largest absolute Gasteiger partial charge is 0.450 e. The summed E-state index contributed by atoms with van der Waals surface area (Å²) in [5.41, 5.74) is 4.54. The molecule has 4 heteroatoms. The molecule has 0 unspecified atom stereocenters. The Balaban J connectivity index is 0. The Hall–Kier alpha value is -0.770. The maximum atomic E-state index is 9.60. The third kappa shape index (κ3) is 11.0. The summed E-state index contributed by atoms with van der Waals surface area (Å²) in [4.78, 5) is 9.60.